The van der Waals surface area contributed by atoms with Crippen LogP contribution in [0.15, 0.2) is 54.6 Å². The molecule has 0 aromatic heterocycles. The molecule has 1 heterocycles. The highest BCUT2D eigenvalue weighted by Crippen LogP contribution is 2.51. The monoisotopic (exact) mass is 393 g/mol. The van der Waals surface area contributed by atoms with Gasteiger partial charge in [0.15, 0.2) is 0 Å². The molecule has 4 heteroatoms. The highest BCUT2D eigenvalue weighted by atomic mass is 16.4. The highest BCUT2D eigenvalue weighted by molar-refractivity contribution is 5.70. The number of carboxylic acids is 1. The van der Waals surface area contributed by atoms with Crippen LogP contribution in [0.4, 0.5) is 0 Å². The molecule has 2 aromatic rings. The number of benzene rings is 2. The fourth-order valence-electron chi connectivity index (χ4n) is 5.84. The first-order valence-electron chi connectivity index (χ1n) is 10.8. The van der Waals surface area contributed by atoms with Gasteiger partial charge in [0, 0.05) is 18.0 Å². The van der Waals surface area contributed by atoms with Crippen molar-refractivity contribution >= 4 is 5.97 Å². The van der Waals surface area contributed by atoms with Crippen LogP contribution < -0.4 is 0 Å². The summed E-state index contributed by atoms with van der Waals surface area (Å²) in [7, 11) is 0. The molecule has 1 aliphatic carbocycles. The third-order valence-electron chi connectivity index (χ3n) is 7.44. The Kier molecular flexibility index (Phi) is 5.64. The van der Waals surface area contributed by atoms with Gasteiger partial charge < -0.3 is 10.2 Å². The number of phenols is 1. The number of nitrogens with zero attached hydrogens (tertiary/aromatic N) is 1. The fraction of sp³-hybridized carbons (Fsp3) is 0.480. The minimum atomic E-state index is -0.706. The topological polar surface area (TPSA) is 60.8 Å². The number of rotatable bonds is 6. The van der Waals surface area contributed by atoms with E-state index in [4.69, 9.17) is 0 Å². The number of aromatic hydroxyl groups is 1. The zero-order chi connectivity index (χ0) is 20.4. The van der Waals surface area contributed by atoms with E-state index in [-0.39, 0.29) is 11.3 Å². The fourth-order valence-corrected chi connectivity index (χ4v) is 5.84. The third kappa shape index (κ3) is 3.91. The largest absolute Gasteiger partial charge is 0.508 e. The van der Waals surface area contributed by atoms with E-state index in [1.54, 1.807) is 6.07 Å². The lowest BCUT2D eigenvalue weighted by Gasteiger charge is -2.56. The number of hydrogen-bond donors (Lipinski definition) is 2. The van der Waals surface area contributed by atoms with E-state index in [0.29, 0.717) is 30.7 Å². The first-order chi connectivity index (χ1) is 14.0. The molecule has 0 spiro atoms. The zero-order valence-corrected chi connectivity index (χ0v) is 17.1. The molecule has 1 aliphatic heterocycles. The molecule has 1 saturated carbocycles. The van der Waals surface area contributed by atoms with Gasteiger partial charge in [-0.1, -0.05) is 55.8 Å². The van der Waals surface area contributed by atoms with Crippen molar-refractivity contribution in [1.29, 1.82) is 0 Å². The summed E-state index contributed by atoms with van der Waals surface area (Å²) in [6.07, 6.45) is 5.02. The Balaban J connectivity index is 1.53. The molecule has 0 amide bonds. The number of fused-ring (bicyclic) bond motifs is 2. The van der Waals surface area contributed by atoms with Gasteiger partial charge in [0.25, 0.3) is 0 Å². The van der Waals surface area contributed by atoms with Gasteiger partial charge in [0.2, 0.25) is 0 Å². The second kappa shape index (κ2) is 8.19. The van der Waals surface area contributed by atoms with Crippen molar-refractivity contribution in [1.82, 2.24) is 4.90 Å². The quantitative estimate of drug-likeness (QED) is 0.760. The van der Waals surface area contributed by atoms with Gasteiger partial charge in [-0.25, -0.2) is 0 Å². The minimum absolute atomic E-state index is 0.0936. The molecule has 2 bridgehead atoms. The molecule has 3 unspecified atom stereocenters. The van der Waals surface area contributed by atoms with Gasteiger partial charge in [0.05, 0.1) is 5.92 Å². The number of likely N-dealkylation sites (tertiary alicyclic amines) is 1. The van der Waals surface area contributed by atoms with E-state index in [1.165, 1.54) is 5.56 Å². The lowest BCUT2D eigenvalue weighted by atomic mass is 9.57. The molecule has 154 valence electrons. The maximum Gasteiger partial charge on any atom is 0.308 e. The Morgan fingerprint density at radius 3 is 2.69 bits per heavy atom. The summed E-state index contributed by atoms with van der Waals surface area (Å²) in [6, 6.07) is 18.1. The van der Waals surface area contributed by atoms with Crippen LogP contribution in [0.5, 0.6) is 5.75 Å². The second-order valence-electron chi connectivity index (χ2n) is 8.92. The molecule has 29 heavy (non-hydrogen) atoms. The smallest absolute Gasteiger partial charge is 0.308 e. The van der Waals surface area contributed by atoms with Crippen molar-refractivity contribution in [3.05, 3.63) is 65.7 Å². The molecule has 1 saturated heterocycles. The summed E-state index contributed by atoms with van der Waals surface area (Å²) in [6.45, 7) is 3.85. The lowest BCUT2D eigenvalue weighted by Crippen LogP contribution is -2.58. The zero-order valence-electron chi connectivity index (χ0n) is 17.1. The molecule has 2 aromatic carbocycles. The molecule has 2 N–H and O–H groups in total. The average molecular weight is 394 g/mol. The summed E-state index contributed by atoms with van der Waals surface area (Å²) in [5.74, 6) is -0.317. The Morgan fingerprint density at radius 1 is 1.17 bits per heavy atom. The minimum Gasteiger partial charge on any atom is -0.508 e. The summed E-state index contributed by atoms with van der Waals surface area (Å²) >= 11 is 0. The van der Waals surface area contributed by atoms with Gasteiger partial charge in [-0.05, 0) is 61.4 Å². The number of carbonyl (C=O) groups is 1. The molecule has 4 atom stereocenters. The second-order valence-corrected chi connectivity index (χ2v) is 8.92. The molecule has 4 nitrogen and oxygen atoms in total. The molecule has 4 rings (SSSR count). The van der Waals surface area contributed by atoms with Crippen LogP contribution in [-0.4, -0.2) is 40.2 Å². The van der Waals surface area contributed by atoms with Crippen LogP contribution in [0.2, 0.25) is 0 Å². The highest BCUT2D eigenvalue weighted by Gasteiger charge is 2.49. The van der Waals surface area contributed by atoms with Crippen LogP contribution in [0.1, 0.15) is 43.7 Å². The van der Waals surface area contributed by atoms with Crippen molar-refractivity contribution in [3.8, 4) is 5.75 Å². The standard InChI is InChI=1S/C25H31NO3/c1-18-23-11-6-12-25(18,21-9-5-10-22(27)16-21)13-14-26(23)17-20(24(28)29)15-19-7-3-2-4-8-19/h2-5,7-10,16,18,20,23,27H,6,11-15,17H2,1H3,(H,28,29)/t18?,20-,23?,25?/m0/s1. The molecular formula is C25H31NO3. The van der Waals surface area contributed by atoms with E-state index >= 15 is 0 Å². The molecule has 0 radical (unpaired) electrons. The van der Waals surface area contributed by atoms with Crippen LogP contribution in [-0.2, 0) is 16.6 Å². The predicted octanol–water partition coefficient (Wildman–Crippen LogP) is 4.47. The van der Waals surface area contributed by atoms with Crippen molar-refractivity contribution < 1.29 is 15.0 Å². The van der Waals surface area contributed by atoms with E-state index in [1.807, 2.05) is 42.5 Å². The average Bonchev–Trinajstić information content (AvgIpc) is 2.70. The van der Waals surface area contributed by atoms with Crippen molar-refractivity contribution in [2.24, 2.45) is 11.8 Å². The van der Waals surface area contributed by atoms with Crippen LogP contribution in [0, 0.1) is 11.8 Å². The Bertz CT molecular complexity index is 852. The predicted molar refractivity (Wildman–Crippen MR) is 114 cm³/mol. The normalized spacial score (nSPS) is 28.0. The van der Waals surface area contributed by atoms with Gasteiger partial charge in [0.1, 0.15) is 5.75 Å². The van der Waals surface area contributed by atoms with Crippen LogP contribution in [0.3, 0.4) is 0 Å². The lowest BCUT2D eigenvalue weighted by molar-refractivity contribution is -0.143. The van der Waals surface area contributed by atoms with Gasteiger partial charge in [-0.15, -0.1) is 0 Å². The van der Waals surface area contributed by atoms with Crippen molar-refractivity contribution in [3.63, 3.8) is 0 Å². The van der Waals surface area contributed by atoms with E-state index in [2.05, 4.69) is 17.9 Å². The SMILES string of the molecule is CC1C2CCCC1(c1cccc(O)c1)CCN2C[C@H](Cc1ccccc1)C(=O)O. The Morgan fingerprint density at radius 2 is 1.97 bits per heavy atom. The van der Waals surface area contributed by atoms with Crippen LogP contribution >= 0.6 is 0 Å². The maximum atomic E-state index is 12.0. The van der Waals surface area contributed by atoms with Gasteiger partial charge >= 0.3 is 5.97 Å². The first-order valence-corrected chi connectivity index (χ1v) is 10.8. The Hall–Kier alpha value is -2.33. The maximum absolute atomic E-state index is 12.0. The summed E-state index contributed by atoms with van der Waals surface area (Å²) in [4.78, 5) is 14.4. The van der Waals surface area contributed by atoms with E-state index < -0.39 is 5.97 Å². The number of aliphatic carboxylic acids is 1. The molecule has 2 aliphatic rings. The number of hydrogen-bond acceptors (Lipinski definition) is 3. The van der Waals surface area contributed by atoms with Crippen LogP contribution in [0.25, 0.3) is 0 Å². The Labute approximate surface area is 173 Å². The van der Waals surface area contributed by atoms with Gasteiger partial charge in [-0.2, -0.15) is 0 Å². The van der Waals surface area contributed by atoms with E-state index in [9.17, 15) is 15.0 Å². The number of phenolic OH excluding ortho intramolecular Hbond substituents is 1. The van der Waals surface area contributed by atoms with Gasteiger partial charge in [-0.3, -0.25) is 9.69 Å². The number of carboxylic acid groups (broad SMARTS) is 1. The number of piperidine rings is 1. The molecule has 2 fully saturated rings. The third-order valence-corrected chi connectivity index (χ3v) is 7.44. The summed E-state index contributed by atoms with van der Waals surface area (Å²) in [5, 5.41) is 19.9. The summed E-state index contributed by atoms with van der Waals surface area (Å²) < 4.78 is 0. The molecular weight excluding hydrogens is 362 g/mol. The van der Waals surface area contributed by atoms with E-state index in [0.717, 1.165) is 37.8 Å². The van der Waals surface area contributed by atoms with Crippen molar-refractivity contribution in [2.75, 3.05) is 13.1 Å². The van der Waals surface area contributed by atoms with Crippen molar-refractivity contribution in [2.45, 2.75) is 50.5 Å². The first kappa shape index (κ1) is 20.0. The summed E-state index contributed by atoms with van der Waals surface area (Å²) in [5.41, 5.74) is 2.42.